The molecule has 1 saturated heterocycles. The Morgan fingerprint density at radius 1 is 1.60 bits per heavy atom. The van der Waals surface area contributed by atoms with Crippen LogP contribution in [0, 0.1) is 0 Å². The molecule has 10 heavy (non-hydrogen) atoms. The molecule has 62 valence electrons. The number of nitrogens with two attached hydrogens (primary N) is 1. The van der Waals surface area contributed by atoms with E-state index in [0.717, 1.165) is 6.54 Å². The van der Waals surface area contributed by atoms with Crippen molar-refractivity contribution < 1.29 is 4.39 Å². The fourth-order valence-electron chi connectivity index (χ4n) is 1.12. The topological polar surface area (TPSA) is 29.3 Å². The van der Waals surface area contributed by atoms with Gasteiger partial charge in [0.05, 0.1) is 0 Å². The molecule has 0 bridgehead atoms. The van der Waals surface area contributed by atoms with Gasteiger partial charge in [-0.05, 0) is 13.5 Å². The highest BCUT2D eigenvalue weighted by Crippen LogP contribution is 2.10. The molecule has 2 atom stereocenters. The van der Waals surface area contributed by atoms with Gasteiger partial charge in [0.2, 0.25) is 0 Å². The summed E-state index contributed by atoms with van der Waals surface area (Å²) in [5.74, 6) is 0. The van der Waals surface area contributed by atoms with Crippen LogP contribution in [-0.2, 0) is 0 Å². The molecule has 0 unspecified atom stereocenters. The van der Waals surface area contributed by atoms with Crippen LogP contribution in [0.2, 0.25) is 0 Å². The molecule has 0 aliphatic carbocycles. The van der Waals surface area contributed by atoms with Gasteiger partial charge < -0.3 is 10.6 Å². The molecule has 2 nitrogen and oxygen atoms in total. The lowest BCUT2D eigenvalue weighted by Crippen LogP contribution is -2.47. The normalized spacial score (nSPS) is 35.1. The van der Waals surface area contributed by atoms with Crippen LogP contribution in [0.15, 0.2) is 0 Å². The SMILES string of the molecule is CN1CC[C@@H](F)[C@@H](N)C1.Cl. The summed E-state index contributed by atoms with van der Waals surface area (Å²) in [6, 6.07) is -0.260. The third-order valence-electron chi connectivity index (χ3n) is 1.77. The van der Waals surface area contributed by atoms with E-state index in [1.807, 2.05) is 7.05 Å². The van der Waals surface area contributed by atoms with E-state index in [2.05, 4.69) is 4.90 Å². The molecule has 4 heteroatoms. The average molecular weight is 169 g/mol. The third kappa shape index (κ3) is 2.40. The van der Waals surface area contributed by atoms with Crippen molar-refractivity contribution in [1.82, 2.24) is 4.90 Å². The van der Waals surface area contributed by atoms with E-state index in [1.54, 1.807) is 0 Å². The van der Waals surface area contributed by atoms with Crippen LogP contribution < -0.4 is 5.73 Å². The highest BCUT2D eigenvalue weighted by atomic mass is 35.5. The molecule has 0 aromatic carbocycles. The Bertz CT molecular complexity index is 102. The van der Waals surface area contributed by atoms with E-state index < -0.39 is 6.17 Å². The smallest absolute Gasteiger partial charge is 0.118 e. The van der Waals surface area contributed by atoms with Crippen LogP contribution in [0.3, 0.4) is 0 Å². The third-order valence-corrected chi connectivity index (χ3v) is 1.77. The van der Waals surface area contributed by atoms with Gasteiger partial charge in [0.15, 0.2) is 0 Å². The molecule has 1 aliphatic rings. The van der Waals surface area contributed by atoms with Gasteiger partial charge in [-0.25, -0.2) is 4.39 Å². The van der Waals surface area contributed by atoms with Crippen molar-refractivity contribution in [3.8, 4) is 0 Å². The first-order chi connectivity index (χ1) is 4.20. The fraction of sp³-hybridized carbons (Fsp3) is 1.00. The van der Waals surface area contributed by atoms with Crippen LogP contribution in [0.5, 0.6) is 0 Å². The standard InChI is InChI=1S/C6H13FN2.ClH/c1-9-3-2-5(7)6(8)4-9;/h5-6H,2-4,8H2,1H3;1H/t5-,6+;/m1./s1. The van der Waals surface area contributed by atoms with Crippen molar-refractivity contribution in [2.75, 3.05) is 20.1 Å². The first-order valence-electron chi connectivity index (χ1n) is 3.28. The van der Waals surface area contributed by atoms with Crippen molar-refractivity contribution in [2.45, 2.75) is 18.6 Å². The molecule has 0 spiro atoms. The van der Waals surface area contributed by atoms with Crippen molar-refractivity contribution in [2.24, 2.45) is 5.73 Å². The summed E-state index contributed by atoms with van der Waals surface area (Å²) in [6.45, 7) is 1.54. The van der Waals surface area contributed by atoms with E-state index in [4.69, 9.17) is 5.73 Å². The van der Waals surface area contributed by atoms with Gasteiger partial charge in [-0.2, -0.15) is 0 Å². The highest BCUT2D eigenvalue weighted by Gasteiger charge is 2.23. The lowest BCUT2D eigenvalue weighted by atomic mass is 10.1. The summed E-state index contributed by atoms with van der Waals surface area (Å²) in [7, 11) is 1.96. The zero-order valence-corrected chi connectivity index (χ0v) is 6.90. The van der Waals surface area contributed by atoms with Crippen molar-refractivity contribution in [3.63, 3.8) is 0 Å². The molecule has 1 rings (SSSR count). The highest BCUT2D eigenvalue weighted by molar-refractivity contribution is 5.85. The second kappa shape index (κ2) is 4.11. The van der Waals surface area contributed by atoms with E-state index in [-0.39, 0.29) is 18.4 Å². The summed E-state index contributed by atoms with van der Waals surface area (Å²) < 4.78 is 12.6. The zero-order chi connectivity index (χ0) is 6.85. The Morgan fingerprint density at radius 2 is 2.20 bits per heavy atom. The van der Waals surface area contributed by atoms with Gasteiger partial charge in [-0.15, -0.1) is 12.4 Å². The maximum absolute atomic E-state index is 12.6. The van der Waals surface area contributed by atoms with Gasteiger partial charge in [0.25, 0.3) is 0 Å². The summed E-state index contributed by atoms with van der Waals surface area (Å²) in [4.78, 5) is 2.06. The molecule has 0 radical (unpaired) electrons. The van der Waals surface area contributed by atoms with E-state index in [0.29, 0.717) is 13.0 Å². The summed E-state index contributed by atoms with van der Waals surface area (Å²) >= 11 is 0. The van der Waals surface area contributed by atoms with Gasteiger partial charge in [-0.3, -0.25) is 0 Å². The van der Waals surface area contributed by atoms with Crippen molar-refractivity contribution >= 4 is 12.4 Å². The van der Waals surface area contributed by atoms with Gasteiger partial charge >= 0.3 is 0 Å². The number of likely N-dealkylation sites (N-methyl/N-ethyl adjacent to an activating group) is 1. The second-order valence-electron chi connectivity index (χ2n) is 2.73. The van der Waals surface area contributed by atoms with Crippen LogP contribution >= 0.6 is 12.4 Å². The zero-order valence-electron chi connectivity index (χ0n) is 6.09. The summed E-state index contributed by atoms with van der Waals surface area (Å²) in [5, 5.41) is 0. The van der Waals surface area contributed by atoms with Gasteiger partial charge in [0.1, 0.15) is 6.17 Å². The minimum atomic E-state index is -0.777. The number of halogens is 2. The van der Waals surface area contributed by atoms with Crippen LogP contribution in [0.25, 0.3) is 0 Å². The molecular weight excluding hydrogens is 155 g/mol. The van der Waals surface area contributed by atoms with Crippen molar-refractivity contribution in [3.05, 3.63) is 0 Å². The average Bonchev–Trinajstić information content (AvgIpc) is 1.80. The molecular formula is C6H14ClFN2. The molecule has 0 aromatic heterocycles. The van der Waals surface area contributed by atoms with E-state index >= 15 is 0 Å². The maximum atomic E-state index is 12.6. The van der Waals surface area contributed by atoms with E-state index in [1.165, 1.54) is 0 Å². The fourth-order valence-corrected chi connectivity index (χ4v) is 1.12. The number of hydrogen-bond donors (Lipinski definition) is 1. The van der Waals surface area contributed by atoms with Crippen LogP contribution in [0.1, 0.15) is 6.42 Å². The minimum absolute atomic E-state index is 0. The summed E-state index contributed by atoms with van der Waals surface area (Å²) in [6.07, 6.45) is -0.182. The molecule has 0 amide bonds. The number of nitrogens with zero attached hydrogens (tertiary/aromatic N) is 1. The second-order valence-corrected chi connectivity index (χ2v) is 2.73. The molecule has 0 aromatic rings. The number of rotatable bonds is 0. The number of alkyl halides is 1. The van der Waals surface area contributed by atoms with Gasteiger partial charge in [-0.1, -0.05) is 0 Å². The Hall–Kier alpha value is 0.140. The molecule has 0 saturated carbocycles. The van der Waals surface area contributed by atoms with Crippen LogP contribution in [-0.4, -0.2) is 37.3 Å². The predicted molar refractivity (Wildman–Crippen MR) is 42.2 cm³/mol. The van der Waals surface area contributed by atoms with E-state index in [9.17, 15) is 4.39 Å². The lowest BCUT2D eigenvalue weighted by Gasteiger charge is -2.29. The molecule has 1 fully saturated rings. The summed E-state index contributed by atoms with van der Waals surface area (Å²) in [5.41, 5.74) is 5.45. The Morgan fingerprint density at radius 3 is 2.60 bits per heavy atom. The Balaban J connectivity index is 0.000000810. The molecule has 1 heterocycles. The first-order valence-corrected chi connectivity index (χ1v) is 3.28. The van der Waals surface area contributed by atoms with Gasteiger partial charge in [0, 0.05) is 19.1 Å². The largest absolute Gasteiger partial charge is 0.324 e. The molecule has 2 N–H and O–H groups in total. The molecule has 1 aliphatic heterocycles. The number of hydrogen-bond acceptors (Lipinski definition) is 2. The quantitative estimate of drug-likeness (QED) is 0.568. The first kappa shape index (κ1) is 10.1. The monoisotopic (exact) mass is 168 g/mol. The van der Waals surface area contributed by atoms with Crippen LogP contribution in [0.4, 0.5) is 4.39 Å². The minimum Gasteiger partial charge on any atom is -0.324 e. The number of likely N-dealkylation sites (tertiary alicyclic amines) is 1. The number of piperidine rings is 1. The lowest BCUT2D eigenvalue weighted by molar-refractivity contribution is 0.148. The Labute approximate surface area is 67.0 Å². The predicted octanol–water partition coefficient (Wildman–Crippen LogP) is 0.409. The maximum Gasteiger partial charge on any atom is 0.118 e. The Kier molecular flexibility index (Phi) is 4.17. The van der Waals surface area contributed by atoms with Crippen molar-refractivity contribution in [1.29, 1.82) is 0 Å².